The number of carboxylic acid groups (broad SMARTS) is 1. The molecule has 5 N–H and O–H groups in total. The van der Waals surface area contributed by atoms with E-state index < -0.39 is 11.9 Å². The molecule has 0 radical (unpaired) electrons. The third-order valence-corrected chi connectivity index (χ3v) is 3.24. The van der Waals surface area contributed by atoms with E-state index in [-0.39, 0.29) is 28.3 Å². The number of carbonyl (C=O) groups excluding carboxylic acids is 1. The number of halogens is 1. The number of hydrogen-bond donors (Lipinski definition) is 4. The smallest absolute Gasteiger partial charge is 0.335 e. The fraction of sp³-hybridized carbons (Fsp3) is 0. The first-order valence-corrected chi connectivity index (χ1v) is 6.60. The number of carbonyl (C=O) groups is 2. The first-order valence-electron chi connectivity index (χ1n) is 5.81. The highest BCUT2D eigenvalue weighted by molar-refractivity contribution is 9.10. The number of anilines is 2. The van der Waals surface area contributed by atoms with Crippen LogP contribution in [0.1, 0.15) is 20.7 Å². The van der Waals surface area contributed by atoms with E-state index >= 15 is 0 Å². The topological polar surface area (TPSA) is 113 Å². The number of nitrogen functional groups attached to an aromatic ring is 1. The lowest BCUT2D eigenvalue weighted by Crippen LogP contribution is -2.14. The Bertz CT molecular complexity index is 731. The molecule has 2 aromatic rings. The van der Waals surface area contributed by atoms with Gasteiger partial charge < -0.3 is 21.3 Å². The van der Waals surface area contributed by atoms with E-state index in [1.54, 1.807) is 6.07 Å². The average molecular weight is 351 g/mol. The van der Waals surface area contributed by atoms with Crippen LogP contribution in [0.3, 0.4) is 0 Å². The number of rotatable bonds is 3. The molecular formula is C14H11BrN2O4. The van der Waals surface area contributed by atoms with Crippen LogP contribution < -0.4 is 11.1 Å². The van der Waals surface area contributed by atoms with E-state index in [0.717, 1.165) is 0 Å². The molecule has 0 atom stereocenters. The summed E-state index contributed by atoms with van der Waals surface area (Å²) in [6, 6.07) is 8.42. The van der Waals surface area contributed by atoms with Gasteiger partial charge in [0, 0.05) is 4.47 Å². The van der Waals surface area contributed by atoms with Gasteiger partial charge in [0.05, 0.1) is 22.5 Å². The van der Waals surface area contributed by atoms with Gasteiger partial charge in [-0.25, -0.2) is 4.79 Å². The lowest BCUT2D eigenvalue weighted by atomic mass is 10.1. The minimum absolute atomic E-state index is 0.0239. The number of phenolic OH excluding ortho intramolecular Hbond substituents is 1. The molecule has 0 unspecified atom stereocenters. The van der Waals surface area contributed by atoms with Gasteiger partial charge in [-0.15, -0.1) is 0 Å². The molecule has 21 heavy (non-hydrogen) atoms. The Balaban J connectivity index is 2.27. The van der Waals surface area contributed by atoms with E-state index in [9.17, 15) is 14.7 Å². The zero-order chi connectivity index (χ0) is 15.6. The molecule has 0 fully saturated rings. The third-order valence-electron chi connectivity index (χ3n) is 2.75. The molecule has 2 rings (SSSR count). The zero-order valence-electron chi connectivity index (χ0n) is 10.6. The number of nitrogens with one attached hydrogen (secondary N) is 1. The van der Waals surface area contributed by atoms with Crippen molar-refractivity contribution in [1.82, 2.24) is 0 Å². The first kappa shape index (κ1) is 14.9. The molecule has 0 spiro atoms. The Hall–Kier alpha value is -2.54. The van der Waals surface area contributed by atoms with Crippen LogP contribution >= 0.6 is 15.9 Å². The second kappa shape index (κ2) is 5.84. The lowest BCUT2D eigenvalue weighted by molar-refractivity contribution is 0.0696. The summed E-state index contributed by atoms with van der Waals surface area (Å²) in [5.74, 6) is -1.83. The van der Waals surface area contributed by atoms with Gasteiger partial charge in [-0.1, -0.05) is 15.9 Å². The van der Waals surface area contributed by atoms with Gasteiger partial charge in [0.15, 0.2) is 0 Å². The molecule has 0 saturated heterocycles. The van der Waals surface area contributed by atoms with Gasteiger partial charge in [0.2, 0.25) is 0 Å². The number of benzene rings is 2. The molecule has 0 saturated carbocycles. The average Bonchev–Trinajstić information content (AvgIpc) is 2.43. The predicted octanol–water partition coefficient (Wildman–Crippen LogP) is 2.69. The van der Waals surface area contributed by atoms with Crippen molar-refractivity contribution in [2.75, 3.05) is 11.1 Å². The SMILES string of the molecule is Nc1cc(C(=O)O)ccc1NC(=O)c1cc(Br)ccc1O. The van der Waals surface area contributed by atoms with Crippen LogP contribution in [0.25, 0.3) is 0 Å². The fourth-order valence-electron chi connectivity index (χ4n) is 1.69. The molecule has 6 nitrogen and oxygen atoms in total. The van der Waals surface area contributed by atoms with Crippen molar-refractivity contribution in [2.24, 2.45) is 0 Å². The quantitative estimate of drug-likeness (QED) is 0.635. The summed E-state index contributed by atoms with van der Waals surface area (Å²) in [5, 5.41) is 21.0. The maximum Gasteiger partial charge on any atom is 0.335 e. The van der Waals surface area contributed by atoms with Gasteiger partial charge in [0.1, 0.15) is 5.75 Å². The standard InChI is InChI=1S/C14H11BrN2O4/c15-8-2-4-12(18)9(6-8)13(19)17-11-3-1-7(14(20)21)5-10(11)16/h1-6,18H,16H2,(H,17,19)(H,20,21). The number of phenols is 1. The summed E-state index contributed by atoms with van der Waals surface area (Å²) in [7, 11) is 0. The molecule has 2 aromatic carbocycles. The molecule has 0 heterocycles. The minimum atomic E-state index is -1.11. The van der Waals surface area contributed by atoms with Crippen LogP contribution in [-0.2, 0) is 0 Å². The second-order valence-corrected chi connectivity index (χ2v) is 5.14. The Morgan fingerprint density at radius 1 is 1.14 bits per heavy atom. The summed E-state index contributed by atoms with van der Waals surface area (Å²) in [6.45, 7) is 0. The number of nitrogens with two attached hydrogens (primary N) is 1. The van der Waals surface area contributed by atoms with Gasteiger partial charge >= 0.3 is 5.97 Å². The van der Waals surface area contributed by atoms with Crippen LogP contribution in [0.2, 0.25) is 0 Å². The molecule has 108 valence electrons. The summed E-state index contributed by atoms with van der Waals surface area (Å²) in [5.41, 5.74) is 6.19. The highest BCUT2D eigenvalue weighted by atomic mass is 79.9. The molecule has 0 bridgehead atoms. The maximum absolute atomic E-state index is 12.1. The van der Waals surface area contributed by atoms with Crippen molar-refractivity contribution in [3.8, 4) is 5.75 Å². The van der Waals surface area contributed by atoms with Gasteiger partial charge in [-0.3, -0.25) is 4.79 Å². The number of aromatic carboxylic acids is 1. The monoisotopic (exact) mass is 350 g/mol. The van der Waals surface area contributed by atoms with Crippen LogP contribution in [0.5, 0.6) is 5.75 Å². The number of amides is 1. The molecule has 0 aliphatic rings. The van der Waals surface area contributed by atoms with E-state index in [2.05, 4.69) is 21.2 Å². The summed E-state index contributed by atoms with van der Waals surface area (Å²) in [4.78, 5) is 22.9. The Kier molecular flexibility index (Phi) is 4.13. The van der Waals surface area contributed by atoms with E-state index in [1.807, 2.05) is 0 Å². The van der Waals surface area contributed by atoms with Crippen molar-refractivity contribution in [2.45, 2.75) is 0 Å². The summed E-state index contributed by atoms with van der Waals surface area (Å²) < 4.78 is 0.639. The number of carboxylic acids is 1. The predicted molar refractivity (Wildman–Crippen MR) is 81.6 cm³/mol. The van der Waals surface area contributed by atoms with Crippen molar-refractivity contribution in [3.63, 3.8) is 0 Å². The van der Waals surface area contributed by atoms with Gasteiger partial charge in [-0.2, -0.15) is 0 Å². The number of hydrogen-bond acceptors (Lipinski definition) is 4. The Morgan fingerprint density at radius 3 is 2.48 bits per heavy atom. The van der Waals surface area contributed by atoms with Crippen LogP contribution in [0.15, 0.2) is 40.9 Å². The van der Waals surface area contributed by atoms with Gasteiger partial charge in [-0.05, 0) is 36.4 Å². The first-order chi connectivity index (χ1) is 9.88. The summed E-state index contributed by atoms with van der Waals surface area (Å²) >= 11 is 3.21. The van der Waals surface area contributed by atoms with Crippen molar-refractivity contribution in [3.05, 3.63) is 52.0 Å². The van der Waals surface area contributed by atoms with Crippen LogP contribution in [0, 0.1) is 0 Å². The molecular weight excluding hydrogens is 340 g/mol. The fourth-order valence-corrected chi connectivity index (χ4v) is 2.05. The molecule has 0 aliphatic heterocycles. The molecule has 0 aromatic heterocycles. The molecule has 1 amide bonds. The minimum Gasteiger partial charge on any atom is -0.507 e. The highest BCUT2D eigenvalue weighted by Crippen LogP contribution is 2.25. The molecule has 7 heteroatoms. The zero-order valence-corrected chi connectivity index (χ0v) is 12.2. The van der Waals surface area contributed by atoms with Crippen molar-refractivity contribution < 1.29 is 19.8 Å². The van der Waals surface area contributed by atoms with Gasteiger partial charge in [0.25, 0.3) is 5.91 Å². The number of aromatic hydroxyl groups is 1. The Morgan fingerprint density at radius 2 is 1.86 bits per heavy atom. The maximum atomic E-state index is 12.1. The van der Waals surface area contributed by atoms with E-state index in [4.69, 9.17) is 10.8 Å². The van der Waals surface area contributed by atoms with Crippen LogP contribution in [-0.4, -0.2) is 22.1 Å². The third kappa shape index (κ3) is 3.32. The van der Waals surface area contributed by atoms with E-state index in [0.29, 0.717) is 4.47 Å². The molecule has 0 aliphatic carbocycles. The lowest BCUT2D eigenvalue weighted by Gasteiger charge is -2.10. The summed E-state index contributed by atoms with van der Waals surface area (Å²) in [6.07, 6.45) is 0. The van der Waals surface area contributed by atoms with E-state index in [1.165, 1.54) is 30.3 Å². The normalized spacial score (nSPS) is 10.1. The second-order valence-electron chi connectivity index (χ2n) is 4.22. The highest BCUT2D eigenvalue weighted by Gasteiger charge is 2.14. The Labute approximate surface area is 128 Å². The largest absolute Gasteiger partial charge is 0.507 e. The van der Waals surface area contributed by atoms with Crippen molar-refractivity contribution in [1.29, 1.82) is 0 Å². The van der Waals surface area contributed by atoms with Crippen LogP contribution in [0.4, 0.5) is 11.4 Å². The van der Waals surface area contributed by atoms with Crippen molar-refractivity contribution >= 4 is 39.2 Å².